The molecule has 0 aromatic heterocycles. The lowest BCUT2D eigenvalue weighted by Gasteiger charge is -2.13. The van der Waals surface area contributed by atoms with E-state index in [1.165, 1.54) is 12.1 Å². The van der Waals surface area contributed by atoms with Gasteiger partial charge in [0.15, 0.2) is 9.84 Å². The Morgan fingerprint density at radius 3 is 2.30 bits per heavy atom. The molecule has 2 aromatic rings. The van der Waals surface area contributed by atoms with Gasteiger partial charge in [0.1, 0.15) is 0 Å². The molecule has 0 bridgehead atoms. The fraction of sp³-hybridized carbons (Fsp3) is 0.478. The lowest BCUT2D eigenvalue weighted by Crippen LogP contribution is -2.23. The molecule has 1 N–H and O–H groups in total. The highest BCUT2D eigenvalue weighted by atomic mass is 32.2. The van der Waals surface area contributed by atoms with Gasteiger partial charge in [0.2, 0.25) is 0 Å². The number of halogens is 3. The Kier molecular flexibility index (Phi) is 6.63. The molecule has 1 atom stereocenters. The van der Waals surface area contributed by atoms with Crippen molar-refractivity contribution in [1.29, 1.82) is 0 Å². The number of fused-ring (bicyclic) bond motifs is 1. The number of benzene rings is 2. The van der Waals surface area contributed by atoms with Gasteiger partial charge in [-0.15, -0.1) is 0 Å². The number of rotatable bonds is 7. The van der Waals surface area contributed by atoms with E-state index in [0.29, 0.717) is 30.5 Å². The van der Waals surface area contributed by atoms with Crippen LogP contribution in [0.1, 0.15) is 47.2 Å². The van der Waals surface area contributed by atoms with Gasteiger partial charge in [0, 0.05) is 6.54 Å². The fourth-order valence-electron chi connectivity index (χ4n) is 4.08. The standard InChI is InChI=1S/C23H28F3NO2S/c1-15(2)30(28,29)14-19-9-20-5-4-16(8-21(20)10-19)6-17-7-18(13-27-3)12-22(11-17)23(24,25)26/h4-5,7-8,11-12,15,19,27H,6,9-10,13-14H2,1-3H3/t19-/m0/s1. The molecule has 0 saturated carbocycles. The van der Waals surface area contributed by atoms with Gasteiger partial charge < -0.3 is 5.32 Å². The molecule has 1 aliphatic rings. The van der Waals surface area contributed by atoms with Crippen LogP contribution in [-0.2, 0) is 41.8 Å². The van der Waals surface area contributed by atoms with Gasteiger partial charge in [-0.3, -0.25) is 0 Å². The smallest absolute Gasteiger partial charge is 0.316 e. The van der Waals surface area contributed by atoms with Crippen LogP contribution in [0.5, 0.6) is 0 Å². The zero-order valence-electron chi connectivity index (χ0n) is 17.5. The SMILES string of the molecule is CNCc1cc(Cc2ccc3c(c2)C[C@@H](CS(=O)(=O)C(C)C)C3)cc(C(F)(F)F)c1. The van der Waals surface area contributed by atoms with Crippen molar-refractivity contribution < 1.29 is 21.6 Å². The van der Waals surface area contributed by atoms with Crippen molar-refractivity contribution in [1.82, 2.24) is 5.32 Å². The molecule has 2 aromatic carbocycles. The predicted molar refractivity (Wildman–Crippen MR) is 113 cm³/mol. The van der Waals surface area contributed by atoms with Crippen molar-refractivity contribution in [2.75, 3.05) is 12.8 Å². The van der Waals surface area contributed by atoms with Gasteiger partial charge in [0.05, 0.1) is 16.6 Å². The molecule has 3 rings (SSSR count). The van der Waals surface area contributed by atoms with Crippen molar-refractivity contribution in [3.8, 4) is 0 Å². The van der Waals surface area contributed by atoms with E-state index in [2.05, 4.69) is 5.32 Å². The van der Waals surface area contributed by atoms with Crippen LogP contribution in [0.4, 0.5) is 13.2 Å². The van der Waals surface area contributed by atoms with E-state index < -0.39 is 21.6 Å². The Balaban J connectivity index is 1.79. The number of nitrogens with one attached hydrogen (secondary N) is 1. The lowest BCUT2D eigenvalue weighted by molar-refractivity contribution is -0.137. The highest BCUT2D eigenvalue weighted by molar-refractivity contribution is 7.91. The number of sulfone groups is 1. The first kappa shape index (κ1) is 22.8. The largest absolute Gasteiger partial charge is 0.416 e. The molecule has 30 heavy (non-hydrogen) atoms. The topological polar surface area (TPSA) is 46.2 Å². The fourth-order valence-corrected chi connectivity index (χ4v) is 5.36. The summed E-state index contributed by atoms with van der Waals surface area (Å²) in [5, 5.41) is 2.52. The Morgan fingerprint density at radius 1 is 1.00 bits per heavy atom. The third-order valence-corrected chi connectivity index (χ3v) is 8.02. The highest BCUT2D eigenvalue weighted by Gasteiger charge is 2.31. The molecule has 0 radical (unpaired) electrons. The minimum absolute atomic E-state index is 0.0680. The van der Waals surface area contributed by atoms with Crippen molar-refractivity contribution in [3.63, 3.8) is 0 Å². The molecule has 0 spiro atoms. The minimum Gasteiger partial charge on any atom is -0.316 e. The summed E-state index contributed by atoms with van der Waals surface area (Å²) in [7, 11) is -1.39. The summed E-state index contributed by atoms with van der Waals surface area (Å²) in [4.78, 5) is 0. The zero-order valence-corrected chi connectivity index (χ0v) is 18.3. The molecule has 3 nitrogen and oxygen atoms in total. The van der Waals surface area contributed by atoms with Gasteiger partial charge >= 0.3 is 6.18 Å². The summed E-state index contributed by atoms with van der Waals surface area (Å²) < 4.78 is 64.3. The predicted octanol–water partition coefficient (Wildman–Crippen LogP) is 4.55. The van der Waals surface area contributed by atoms with Crippen LogP contribution in [0.25, 0.3) is 0 Å². The average molecular weight is 440 g/mol. The first-order valence-corrected chi connectivity index (χ1v) is 11.9. The Labute approximate surface area is 176 Å². The van der Waals surface area contributed by atoms with E-state index in [1.54, 1.807) is 27.0 Å². The van der Waals surface area contributed by atoms with Crippen LogP contribution in [0, 0.1) is 5.92 Å². The Morgan fingerprint density at radius 2 is 1.67 bits per heavy atom. The van der Waals surface area contributed by atoms with Crippen LogP contribution in [-0.4, -0.2) is 26.5 Å². The van der Waals surface area contributed by atoms with Gasteiger partial charge in [0.25, 0.3) is 0 Å². The normalized spacial score (nSPS) is 16.8. The second kappa shape index (κ2) is 8.71. The number of hydrogen-bond acceptors (Lipinski definition) is 3. The zero-order chi connectivity index (χ0) is 22.1. The average Bonchev–Trinajstić information content (AvgIpc) is 3.01. The molecular formula is C23H28F3NO2S. The molecule has 164 valence electrons. The molecule has 0 unspecified atom stereocenters. The second-order valence-corrected chi connectivity index (χ2v) is 11.1. The summed E-state index contributed by atoms with van der Waals surface area (Å²) in [6.45, 7) is 3.77. The Bertz CT molecular complexity index is 1010. The van der Waals surface area contributed by atoms with Gasteiger partial charge in [-0.25, -0.2) is 8.42 Å². The van der Waals surface area contributed by atoms with Gasteiger partial charge in [-0.05, 0) is 86.0 Å². The van der Waals surface area contributed by atoms with Crippen LogP contribution in [0.3, 0.4) is 0 Å². The third-order valence-electron chi connectivity index (χ3n) is 5.64. The monoisotopic (exact) mass is 439 g/mol. The molecule has 0 fully saturated rings. The van der Waals surface area contributed by atoms with Crippen LogP contribution >= 0.6 is 0 Å². The van der Waals surface area contributed by atoms with E-state index >= 15 is 0 Å². The van der Waals surface area contributed by atoms with E-state index in [9.17, 15) is 21.6 Å². The molecule has 0 saturated heterocycles. The molecule has 7 heteroatoms. The van der Waals surface area contributed by atoms with Crippen molar-refractivity contribution >= 4 is 9.84 Å². The van der Waals surface area contributed by atoms with Crippen LogP contribution in [0.15, 0.2) is 36.4 Å². The minimum atomic E-state index is -4.38. The summed E-state index contributed by atoms with van der Waals surface area (Å²) in [6, 6.07) is 10.2. The number of hydrogen-bond donors (Lipinski definition) is 1. The van der Waals surface area contributed by atoms with Crippen molar-refractivity contribution in [2.24, 2.45) is 5.92 Å². The molecule has 0 amide bonds. The maximum absolute atomic E-state index is 13.3. The van der Waals surface area contributed by atoms with E-state index in [1.807, 2.05) is 18.2 Å². The molecular weight excluding hydrogens is 411 g/mol. The first-order valence-electron chi connectivity index (χ1n) is 10.1. The maximum atomic E-state index is 13.3. The second-order valence-electron chi connectivity index (χ2n) is 8.50. The van der Waals surface area contributed by atoms with Crippen molar-refractivity contribution in [3.05, 3.63) is 69.8 Å². The summed E-state index contributed by atoms with van der Waals surface area (Å²) in [5.41, 5.74) is 3.78. The molecule has 0 aliphatic heterocycles. The summed E-state index contributed by atoms with van der Waals surface area (Å²) in [5.74, 6) is 0.244. The van der Waals surface area contributed by atoms with Crippen molar-refractivity contribution in [2.45, 2.75) is 51.1 Å². The summed E-state index contributed by atoms with van der Waals surface area (Å²) >= 11 is 0. The van der Waals surface area contributed by atoms with E-state index in [-0.39, 0.29) is 16.9 Å². The van der Waals surface area contributed by atoms with Gasteiger partial charge in [-0.2, -0.15) is 13.2 Å². The molecule has 1 aliphatic carbocycles. The van der Waals surface area contributed by atoms with E-state index in [0.717, 1.165) is 23.1 Å². The number of alkyl halides is 3. The lowest BCUT2D eigenvalue weighted by atomic mass is 9.97. The maximum Gasteiger partial charge on any atom is 0.416 e. The first-order chi connectivity index (χ1) is 14.0. The van der Waals surface area contributed by atoms with Gasteiger partial charge in [-0.1, -0.05) is 24.3 Å². The van der Waals surface area contributed by atoms with Crippen LogP contribution in [0.2, 0.25) is 0 Å². The highest BCUT2D eigenvalue weighted by Crippen LogP contribution is 2.33. The summed E-state index contributed by atoms with van der Waals surface area (Å²) in [6.07, 6.45) is -2.55. The van der Waals surface area contributed by atoms with E-state index in [4.69, 9.17) is 0 Å². The Hall–Kier alpha value is -1.86. The third kappa shape index (κ3) is 5.43. The van der Waals surface area contributed by atoms with Crippen LogP contribution < -0.4 is 5.32 Å². The quantitative estimate of drug-likeness (QED) is 0.688. The molecule has 0 heterocycles.